The lowest BCUT2D eigenvalue weighted by atomic mass is 9.83. The molecule has 0 saturated heterocycles. The molecule has 0 radical (unpaired) electrons. The summed E-state index contributed by atoms with van der Waals surface area (Å²) in [6.07, 6.45) is 7.75. The molecular formula is C37H40N2O2. The van der Waals surface area contributed by atoms with Gasteiger partial charge in [-0.2, -0.15) is 0 Å². The van der Waals surface area contributed by atoms with E-state index in [9.17, 15) is 10.2 Å². The first kappa shape index (κ1) is 28.4. The van der Waals surface area contributed by atoms with E-state index in [1.54, 1.807) is 0 Å². The largest absolute Gasteiger partial charge is 0.507 e. The number of rotatable bonds is 6. The van der Waals surface area contributed by atoms with Crippen LogP contribution in [0.2, 0.25) is 0 Å². The summed E-state index contributed by atoms with van der Waals surface area (Å²) in [7, 11) is 0. The van der Waals surface area contributed by atoms with Crippen LogP contribution >= 0.6 is 0 Å². The number of aromatic hydroxyl groups is 2. The van der Waals surface area contributed by atoms with Crippen LogP contribution < -0.4 is 0 Å². The Morgan fingerprint density at radius 2 is 1.12 bits per heavy atom. The second kappa shape index (κ2) is 12.1. The van der Waals surface area contributed by atoms with Gasteiger partial charge in [0.25, 0.3) is 0 Å². The van der Waals surface area contributed by atoms with E-state index in [4.69, 9.17) is 9.98 Å². The third-order valence-electron chi connectivity index (χ3n) is 7.96. The van der Waals surface area contributed by atoms with Gasteiger partial charge in [0.2, 0.25) is 0 Å². The summed E-state index contributed by atoms with van der Waals surface area (Å²) in [5, 5.41) is 22.4. The summed E-state index contributed by atoms with van der Waals surface area (Å²) < 4.78 is 0. The van der Waals surface area contributed by atoms with Crippen molar-refractivity contribution < 1.29 is 10.2 Å². The van der Waals surface area contributed by atoms with Gasteiger partial charge in [0, 0.05) is 34.7 Å². The molecule has 0 unspecified atom stereocenters. The van der Waals surface area contributed by atoms with Gasteiger partial charge in [-0.1, -0.05) is 94.3 Å². The number of hydrogen-bond acceptors (Lipinski definition) is 4. The van der Waals surface area contributed by atoms with Crippen LogP contribution in [0.1, 0.15) is 68.7 Å². The maximum Gasteiger partial charge on any atom is 0.132 e. The minimum atomic E-state index is -0.0775. The van der Waals surface area contributed by atoms with Gasteiger partial charge in [-0.3, -0.25) is 9.98 Å². The molecule has 5 rings (SSSR count). The molecule has 0 aliphatic heterocycles. The molecule has 4 nitrogen and oxygen atoms in total. The number of aliphatic imine (C=N–C) groups is 2. The second-order valence-corrected chi connectivity index (χ2v) is 12.2. The lowest BCUT2D eigenvalue weighted by molar-refractivity contribution is 0.390. The van der Waals surface area contributed by atoms with E-state index in [2.05, 4.69) is 32.9 Å². The number of hydrogen-bond donors (Lipinski definition) is 2. The fourth-order valence-electron chi connectivity index (χ4n) is 5.56. The summed E-state index contributed by atoms with van der Waals surface area (Å²) in [6, 6.07) is 28.1. The minimum Gasteiger partial charge on any atom is -0.507 e. The summed E-state index contributed by atoms with van der Waals surface area (Å²) in [5.74, 6) is 0.501. The van der Waals surface area contributed by atoms with Gasteiger partial charge < -0.3 is 10.2 Å². The molecule has 1 aliphatic rings. The third kappa shape index (κ3) is 6.59. The first-order valence-electron chi connectivity index (χ1n) is 14.6. The average molecular weight is 545 g/mol. The quantitative estimate of drug-likeness (QED) is 0.238. The second-order valence-electron chi connectivity index (χ2n) is 12.2. The van der Waals surface area contributed by atoms with Crippen molar-refractivity contribution in [3.8, 4) is 33.8 Å². The third-order valence-corrected chi connectivity index (χ3v) is 7.96. The molecule has 0 amide bonds. The van der Waals surface area contributed by atoms with Crippen molar-refractivity contribution in [1.29, 1.82) is 0 Å². The summed E-state index contributed by atoms with van der Waals surface area (Å²) >= 11 is 0. The Hall–Kier alpha value is -4.18. The molecule has 2 N–H and O–H groups in total. The van der Waals surface area contributed by atoms with Crippen molar-refractivity contribution in [2.24, 2.45) is 9.98 Å². The summed E-state index contributed by atoms with van der Waals surface area (Å²) in [4.78, 5) is 9.98. The highest BCUT2D eigenvalue weighted by atomic mass is 16.3. The van der Waals surface area contributed by atoms with Crippen molar-refractivity contribution in [2.45, 2.75) is 70.9 Å². The predicted molar refractivity (Wildman–Crippen MR) is 172 cm³/mol. The first-order chi connectivity index (χ1) is 19.7. The molecule has 4 heteroatoms. The van der Waals surface area contributed by atoms with Crippen molar-refractivity contribution in [3.63, 3.8) is 0 Å². The molecule has 0 spiro atoms. The van der Waals surface area contributed by atoms with Crippen LogP contribution in [0, 0.1) is 6.92 Å². The van der Waals surface area contributed by atoms with Crippen LogP contribution in [0.25, 0.3) is 22.3 Å². The number of benzene rings is 4. The zero-order chi connectivity index (χ0) is 29.0. The minimum absolute atomic E-state index is 0.0124. The van der Waals surface area contributed by atoms with Gasteiger partial charge >= 0.3 is 0 Å². The molecule has 0 aromatic heterocycles. The summed E-state index contributed by atoms with van der Waals surface area (Å²) in [6.45, 7) is 8.60. The van der Waals surface area contributed by atoms with Crippen LogP contribution in [0.5, 0.6) is 11.5 Å². The van der Waals surface area contributed by atoms with Gasteiger partial charge in [0.15, 0.2) is 0 Å². The maximum atomic E-state index is 11.3. The van der Waals surface area contributed by atoms with Gasteiger partial charge in [-0.15, -0.1) is 0 Å². The van der Waals surface area contributed by atoms with Crippen LogP contribution in [0.4, 0.5) is 0 Å². The fourth-order valence-corrected chi connectivity index (χ4v) is 5.56. The maximum absolute atomic E-state index is 11.3. The van der Waals surface area contributed by atoms with Crippen LogP contribution in [0.3, 0.4) is 0 Å². The van der Waals surface area contributed by atoms with Crippen molar-refractivity contribution in [1.82, 2.24) is 0 Å². The standard InChI is InChI=1S/C37H40N2O2/c1-25-19-28(35(40)31(20-25)26-13-7-5-8-14-26)23-38-33-17-11-12-18-34(33)39-24-29-21-30(37(2,3)4)22-32(36(29)41)27-15-9-6-10-16-27/h5-10,13-16,19-24,33-34,40-41H,11-12,17-18H2,1-4H3/t33-,34-/m1/s1. The smallest absolute Gasteiger partial charge is 0.132 e. The van der Waals surface area contributed by atoms with E-state index in [1.165, 1.54) is 0 Å². The highest BCUT2D eigenvalue weighted by Crippen LogP contribution is 2.37. The van der Waals surface area contributed by atoms with E-state index in [0.29, 0.717) is 0 Å². The lowest BCUT2D eigenvalue weighted by Crippen LogP contribution is -2.27. The molecule has 2 atom stereocenters. The Bertz CT molecular complexity index is 1550. The number of phenolic OH excluding ortho intramolecular Hbond substituents is 2. The Labute approximate surface area is 244 Å². The molecule has 4 aromatic carbocycles. The van der Waals surface area contributed by atoms with Crippen LogP contribution in [-0.2, 0) is 5.41 Å². The Kier molecular flexibility index (Phi) is 8.39. The van der Waals surface area contributed by atoms with Crippen molar-refractivity contribution in [2.75, 3.05) is 0 Å². The van der Waals surface area contributed by atoms with Gasteiger partial charge in [0.05, 0.1) is 12.1 Å². The zero-order valence-corrected chi connectivity index (χ0v) is 24.5. The lowest BCUT2D eigenvalue weighted by Gasteiger charge is -2.26. The number of nitrogens with zero attached hydrogens (tertiary/aromatic N) is 2. The highest BCUT2D eigenvalue weighted by molar-refractivity contribution is 5.90. The Balaban J connectivity index is 1.45. The van der Waals surface area contributed by atoms with Gasteiger partial charge in [-0.05, 0) is 71.7 Å². The van der Waals surface area contributed by atoms with Crippen molar-refractivity contribution >= 4 is 12.4 Å². The first-order valence-corrected chi connectivity index (χ1v) is 14.6. The number of phenols is 2. The zero-order valence-electron chi connectivity index (χ0n) is 24.5. The van der Waals surface area contributed by atoms with E-state index in [-0.39, 0.29) is 29.0 Å². The van der Waals surface area contributed by atoms with E-state index < -0.39 is 0 Å². The van der Waals surface area contributed by atoms with Crippen LogP contribution in [-0.4, -0.2) is 34.7 Å². The van der Waals surface area contributed by atoms with Gasteiger partial charge in [0.1, 0.15) is 11.5 Å². The van der Waals surface area contributed by atoms with E-state index >= 15 is 0 Å². The highest BCUT2D eigenvalue weighted by Gasteiger charge is 2.24. The molecule has 0 heterocycles. The molecule has 1 saturated carbocycles. The fraction of sp³-hybridized carbons (Fsp3) is 0.297. The molecule has 4 aromatic rings. The monoisotopic (exact) mass is 544 g/mol. The molecule has 1 aliphatic carbocycles. The van der Waals surface area contributed by atoms with E-state index in [1.807, 2.05) is 92.1 Å². The summed E-state index contributed by atoms with van der Waals surface area (Å²) in [5.41, 5.74) is 7.20. The van der Waals surface area contributed by atoms with E-state index in [0.717, 1.165) is 70.2 Å². The normalized spacial score (nSPS) is 17.9. The molecule has 41 heavy (non-hydrogen) atoms. The topological polar surface area (TPSA) is 65.2 Å². The molecule has 210 valence electrons. The number of aryl methyl sites for hydroxylation is 1. The van der Waals surface area contributed by atoms with Crippen molar-refractivity contribution in [3.05, 3.63) is 107 Å². The Morgan fingerprint density at radius 3 is 1.61 bits per heavy atom. The van der Waals surface area contributed by atoms with Gasteiger partial charge in [-0.25, -0.2) is 0 Å². The molecular weight excluding hydrogens is 504 g/mol. The predicted octanol–water partition coefficient (Wildman–Crippen LogP) is 8.89. The SMILES string of the molecule is Cc1cc(C=N[C@@H]2CCCC[C@H]2N=Cc2cc(C(C)(C)C)cc(-c3ccccc3)c2O)c(O)c(-c2ccccc2)c1. The van der Waals surface area contributed by atoms with Crippen LogP contribution in [0.15, 0.2) is 94.9 Å². The molecule has 1 fully saturated rings. The average Bonchev–Trinajstić information content (AvgIpc) is 2.97. The Morgan fingerprint density at radius 1 is 0.659 bits per heavy atom. The molecule has 0 bridgehead atoms.